The van der Waals surface area contributed by atoms with Crippen molar-refractivity contribution in [2.45, 2.75) is 31.6 Å². The standard InChI is InChI=1S/C27H31FN4O4S/c1-18-11-13-22(16-24(18)31(3)4)29-27(33)21-9-7-15-32(17-21)37(34,35)26-19(2)30-36-25(26)14-12-20-8-5-6-10-23(20)28/h5-6,8,10-14,16,21H,7,9,15,17H2,1-4H3,(H,29,33)/b14-12+/t21-/m0/s1. The Labute approximate surface area is 216 Å². The van der Waals surface area contributed by atoms with Gasteiger partial charge in [0.2, 0.25) is 15.9 Å². The summed E-state index contributed by atoms with van der Waals surface area (Å²) in [7, 11) is -0.142. The lowest BCUT2D eigenvalue weighted by atomic mass is 9.98. The summed E-state index contributed by atoms with van der Waals surface area (Å²) in [5, 5.41) is 6.79. The van der Waals surface area contributed by atoms with E-state index in [0.717, 1.165) is 11.3 Å². The SMILES string of the molecule is Cc1ccc(NC(=O)[C@H]2CCCN(S(=O)(=O)c3c(C)noc3/C=C/c3ccccc3F)C2)cc1N(C)C. The minimum Gasteiger partial charge on any atom is -0.377 e. The quantitative estimate of drug-likeness (QED) is 0.479. The summed E-state index contributed by atoms with van der Waals surface area (Å²) in [5.74, 6) is -1.15. The number of sulfonamides is 1. The van der Waals surface area contributed by atoms with Crippen LogP contribution in [0.3, 0.4) is 0 Å². The van der Waals surface area contributed by atoms with Crippen molar-refractivity contribution in [3.63, 3.8) is 0 Å². The van der Waals surface area contributed by atoms with Crippen LogP contribution in [0, 0.1) is 25.6 Å². The van der Waals surface area contributed by atoms with E-state index in [4.69, 9.17) is 4.52 Å². The second-order valence-corrected chi connectivity index (χ2v) is 11.3. The average molecular weight is 527 g/mol. The lowest BCUT2D eigenvalue weighted by Crippen LogP contribution is -2.43. The fourth-order valence-electron chi connectivity index (χ4n) is 4.49. The predicted octanol–water partition coefficient (Wildman–Crippen LogP) is 4.71. The topological polar surface area (TPSA) is 95.8 Å². The molecule has 3 aromatic rings. The summed E-state index contributed by atoms with van der Waals surface area (Å²) >= 11 is 0. The van der Waals surface area contributed by atoms with Crippen LogP contribution in [-0.2, 0) is 14.8 Å². The molecule has 0 saturated carbocycles. The van der Waals surface area contributed by atoms with E-state index in [-0.39, 0.29) is 35.3 Å². The van der Waals surface area contributed by atoms with Gasteiger partial charge in [0.25, 0.3) is 0 Å². The molecule has 4 rings (SSSR count). The number of hydrogen-bond donors (Lipinski definition) is 1. The molecule has 1 fully saturated rings. The molecule has 2 heterocycles. The minimum atomic E-state index is -4.01. The van der Waals surface area contributed by atoms with Gasteiger partial charge < -0.3 is 14.7 Å². The first-order valence-electron chi connectivity index (χ1n) is 12.1. The third-order valence-electron chi connectivity index (χ3n) is 6.46. The number of aryl methyl sites for hydroxylation is 2. The molecule has 1 aromatic heterocycles. The number of hydrogen-bond acceptors (Lipinski definition) is 6. The fourth-order valence-corrected chi connectivity index (χ4v) is 6.27. The van der Waals surface area contributed by atoms with E-state index in [0.29, 0.717) is 24.1 Å². The van der Waals surface area contributed by atoms with E-state index in [9.17, 15) is 17.6 Å². The second-order valence-electron chi connectivity index (χ2n) is 9.40. The predicted molar refractivity (Wildman–Crippen MR) is 142 cm³/mol. The van der Waals surface area contributed by atoms with E-state index in [2.05, 4.69) is 10.5 Å². The molecule has 10 heteroatoms. The van der Waals surface area contributed by atoms with Gasteiger partial charge in [0, 0.05) is 44.1 Å². The zero-order valence-corrected chi connectivity index (χ0v) is 22.2. The van der Waals surface area contributed by atoms with E-state index in [1.54, 1.807) is 25.1 Å². The van der Waals surface area contributed by atoms with Crippen molar-refractivity contribution in [1.29, 1.82) is 0 Å². The molecule has 196 valence electrons. The number of nitrogens with one attached hydrogen (secondary N) is 1. The first-order valence-corrected chi connectivity index (χ1v) is 13.5. The third-order valence-corrected chi connectivity index (χ3v) is 8.49. The van der Waals surface area contributed by atoms with Crippen LogP contribution in [0.25, 0.3) is 12.2 Å². The van der Waals surface area contributed by atoms with Gasteiger partial charge in [0.15, 0.2) is 10.7 Å². The lowest BCUT2D eigenvalue weighted by Gasteiger charge is -2.31. The van der Waals surface area contributed by atoms with Gasteiger partial charge in [-0.1, -0.05) is 29.4 Å². The Morgan fingerprint density at radius 1 is 1.19 bits per heavy atom. The Kier molecular flexibility index (Phi) is 7.79. The van der Waals surface area contributed by atoms with E-state index < -0.39 is 21.8 Å². The number of benzene rings is 2. The van der Waals surface area contributed by atoms with Crippen molar-refractivity contribution >= 4 is 39.5 Å². The molecule has 1 amide bonds. The summed E-state index contributed by atoms with van der Waals surface area (Å²) in [6, 6.07) is 11.8. The van der Waals surface area contributed by atoms with Crippen molar-refractivity contribution in [2.75, 3.05) is 37.4 Å². The highest BCUT2D eigenvalue weighted by molar-refractivity contribution is 7.89. The van der Waals surface area contributed by atoms with Gasteiger partial charge in [-0.05, 0) is 62.6 Å². The second kappa shape index (κ2) is 10.9. The van der Waals surface area contributed by atoms with E-state index in [1.165, 1.54) is 22.5 Å². The Hall–Kier alpha value is -3.50. The smallest absolute Gasteiger partial charge is 0.248 e. The average Bonchev–Trinajstić information content (AvgIpc) is 3.25. The maximum Gasteiger partial charge on any atom is 0.248 e. The summed E-state index contributed by atoms with van der Waals surface area (Å²) in [6.07, 6.45) is 3.97. The molecule has 0 radical (unpaired) electrons. The van der Waals surface area contributed by atoms with Crippen LogP contribution in [0.1, 0.15) is 35.4 Å². The van der Waals surface area contributed by atoms with Crippen LogP contribution < -0.4 is 10.2 Å². The van der Waals surface area contributed by atoms with Gasteiger partial charge in [-0.25, -0.2) is 12.8 Å². The molecule has 1 aliphatic heterocycles. The summed E-state index contributed by atoms with van der Waals surface area (Å²) in [5.41, 5.74) is 3.24. The number of aromatic nitrogens is 1. The zero-order chi connectivity index (χ0) is 26.7. The van der Waals surface area contributed by atoms with Crippen LogP contribution >= 0.6 is 0 Å². The molecule has 1 saturated heterocycles. The van der Waals surface area contributed by atoms with Gasteiger partial charge in [-0.2, -0.15) is 4.31 Å². The van der Waals surface area contributed by atoms with Crippen LogP contribution in [-0.4, -0.2) is 51.0 Å². The van der Waals surface area contributed by atoms with Crippen LogP contribution in [0.15, 0.2) is 51.9 Å². The number of rotatable bonds is 7. The number of nitrogens with zero attached hydrogens (tertiary/aromatic N) is 3. The van der Waals surface area contributed by atoms with Gasteiger partial charge in [-0.15, -0.1) is 0 Å². The largest absolute Gasteiger partial charge is 0.377 e. The monoisotopic (exact) mass is 526 g/mol. The van der Waals surface area contributed by atoms with Gasteiger partial charge in [0.1, 0.15) is 11.5 Å². The van der Waals surface area contributed by atoms with Crippen molar-refractivity contribution in [3.8, 4) is 0 Å². The molecule has 8 nitrogen and oxygen atoms in total. The first kappa shape index (κ1) is 26.6. The van der Waals surface area contributed by atoms with Crippen molar-refractivity contribution < 1.29 is 22.1 Å². The molecular formula is C27H31FN4O4S. The van der Waals surface area contributed by atoms with Crippen molar-refractivity contribution in [2.24, 2.45) is 5.92 Å². The number of halogens is 1. The number of anilines is 2. The molecule has 1 aliphatic rings. The van der Waals surface area contributed by atoms with Crippen LogP contribution in [0.4, 0.5) is 15.8 Å². The molecule has 0 aliphatic carbocycles. The number of piperidine rings is 1. The normalized spacial score (nSPS) is 16.7. The maximum absolute atomic E-state index is 14.0. The Bertz CT molecular complexity index is 1430. The molecule has 0 bridgehead atoms. The summed E-state index contributed by atoms with van der Waals surface area (Å²) in [6.45, 7) is 3.87. The molecule has 2 aromatic carbocycles. The summed E-state index contributed by atoms with van der Waals surface area (Å²) < 4.78 is 47.9. The van der Waals surface area contributed by atoms with E-state index in [1.807, 2.05) is 44.1 Å². The Balaban J connectivity index is 1.53. The van der Waals surface area contributed by atoms with Crippen molar-refractivity contribution in [1.82, 2.24) is 9.46 Å². The number of carbonyl (C=O) groups is 1. The highest BCUT2D eigenvalue weighted by atomic mass is 32.2. The molecule has 1 atom stereocenters. The Morgan fingerprint density at radius 3 is 2.68 bits per heavy atom. The Morgan fingerprint density at radius 2 is 1.95 bits per heavy atom. The number of carbonyl (C=O) groups excluding carboxylic acids is 1. The summed E-state index contributed by atoms with van der Waals surface area (Å²) in [4.78, 5) is 15.0. The number of amides is 1. The van der Waals surface area contributed by atoms with Gasteiger partial charge in [-0.3, -0.25) is 4.79 Å². The molecule has 37 heavy (non-hydrogen) atoms. The molecule has 1 N–H and O–H groups in total. The minimum absolute atomic E-state index is 0.0169. The highest BCUT2D eigenvalue weighted by Gasteiger charge is 2.37. The molecule has 0 unspecified atom stereocenters. The third kappa shape index (κ3) is 5.75. The van der Waals surface area contributed by atoms with Gasteiger partial charge >= 0.3 is 0 Å². The van der Waals surface area contributed by atoms with Crippen LogP contribution in [0.5, 0.6) is 0 Å². The molecule has 0 spiro atoms. The highest BCUT2D eigenvalue weighted by Crippen LogP contribution is 2.30. The van der Waals surface area contributed by atoms with Crippen molar-refractivity contribution in [3.05, 3.63) is 70.9 Å². The molecular weight excluding hydrogens is 495 g/mol. The van der Waals surface area contributed by atoms with Gasteiger partial charge in [0.05, 0.1) is 5.92 Å². The zero-order valence-electron chi connectivity index (χ0n) is 21.4. The fraction of sp³-hybridized carbons (Fsp3) is 0.333. The van der Waals surface area contributed by atoms with Crippen LogP contribution in [0.2, 0.25) is 0 Å². The maximum atomic E-state index is 14.0. The lowest BCUT2D eigenvalue weighted by molar-refractivity contribution is -0.120. The van der Waals surface area contributed by atoms with E-state index >= 15 is 0 Å². The first-order chi connectivity index (χ1) is 17.6.